The van der Waals surface area contributed by atoms with Gasteiger partial charge < -0.3 is 29.6 Å². The maximum atomic E-state index is 13.1. The van der Waals surface area contributed by atoms with Crippen molar-refractivity contribution in [2.75, 3.05) is 39.1 Å². The summed E-state index contributed by atoms with van der Waals surface area (Å²) < 4.78 is 21.3. The summed E-state index contributed by atoms with van der Waals surface area (Å²) in [5, 5.41) is 18.0. The summed E-state index contributed by atoms with van der Waals surface area (Å²) >= 11 is 0. The molecule has 196 valence electrons. The highest BCUT2D eigenvalue weighted by molar-refractivity contribution is 6.06. The molecule has 3 aromatic carbocycles. The molecule has 0 radical (unpaired) electrons. The topological polar surface area (TPSA) is 139 Å². The van der Waals surface area contributed by atoms with Crippen molar-refractivity contribution in [3.05, 3.63) is 66.2 Å². The lowest BCUT2D eigenvalue weighted by molar-refractivity contribution is -0.117. The van der Waals surface area contributed by atoms with E-state index in [1.54, 1.807) is 60.7 Å². The van der Waals surface area contributed by atoms with E-state index in [0.717, 1.165) is 4.80 Å². The first-order valence-corrected chi connectivity index (χ1v) is 11.4. The van der Waals surface area contributed by atoms with E-state index in [1.807, 2.05) is 0 Å². The Morgan fingerprint density at radius 3 is 2.08 bits per heavy atom. The van der Waals surface area contributed by atoms with Crippen molar-refractivity contribution in [3.8, 4) is 34.4 Å². The van der Waals surface area contributed by atoms with Gasteiger partial charge in [-0.15, -0.1) is 10.2 Å². The zero-order valence-electron chi connectivity index (χ0n) is 21.2. The summed E-state index contributed by atoms with van der Waals surface area (Å²) in [5.74, 6) is 1.06. The molecule has 1 aromatic heterocycles. The molecule has 12 heteroatoms. The Labute approximate surface area is 218 Å². The van der Waals surface area contributed by atoms with Gasteiger partial charge >= 0.3 is 0 Å². The Hall–Kier alpha value is -5.13. The fourth-order valence-electron chi connectivity index (χ4n) is 3.68. The SMILES string of the molecule is COc1ccccc1NC(=O)Cn1nnc(-c2ccccc2NC(=O)c2cc(OC)c(OC)c(OC)c2)n1. The second-order valence-electron chi connectivity index (χ2n) is 7.81. The van der Waals surface area contributed by atoms with Gasteiger partial charge in [0.25, 0.3) is 5.91 Å². The normalized spacial score (nSPS) is 10.4. The predicted octanol–water partition coefficient (Wildman–Crippen LogP) is 3.27. The molecule has 0 saturated heterocycles. The fourth-order valence-corrected chi connectivity index (χ4v) is 3.68. The Balaban J connectivity index is 1.52. The predicted molar refractivity (Wildman–Crippen MR) is 139 cm³/mol. The lowest BCUT2D eigenvalue weighted by Crippen LogP contribution is -2.20. The number of nitrogens with zero attached hydrogens (tertiary/aromatic N) is 4. The minimum absolute atomic E-state index is 0.176. The molecule has 12 nitrogen and oxygen atoms in total. The number of nitrogens with one attached hydrogen (secondary N) is 2. The molecule has 38 heavy (non-hydrogen) atoms. The third-order valence-electron chi connectivity index (χ3n) is 5.46. The lowest BCUT2D eigenvalue weighted by Gasteiger charge is -2.14. The largest absolute Gasteiger partial charge is 0.495 e. The van der Waals surface area contributed by atoms with Crippen LogP contribution in [0.3, 0.4) is 0 Å². The molecule has 4 aromatic rings. The lowest BCUT2D eigenvalue weighted by atomic mass is 10.1. The summed E-state index contributed by atoms with van der Waals surface area (Å²) in [6, 6.07) is 17.1. The molecule has 0 atom stereocenters. The van der Waals surface area contributed by atoms with Gasteiger partial charge in [-0.05, 0) is 41.6 Å². The van der Waals surface area contributed by atoms with Crippen LogP contribution in [-0.2, 0) is 11.3 Å². The maximum absolute atomic E-state index is 13.1. The number of rotatable bonds is 10. The van der Waals surface area contributed by atoms with Crippen LogP contribution in [0.5, 0.6) is 23.0 Å². The molecule has 0 aliphatic rings. The Morgan fingerprint density at radius 1 is 0.789 bits per heavy atom. The van der Waals surface area contributed by atoms with Crippen LogP contribution < -0.4 is 29.6 Å². The molecule has 4 rings (SSSR count). The van der Waals surface area contributed by atoms with Crippen LogP contribution in [0.4, 0.5) is 11.4 Å². The zero-order chi connectivity index (χ0) is 27.1. The first kappa shape index (κ1) is 25.9. The van der Waals surface area contributed by atoms with Gasteiger partial charge in [-0.3, -0.25) is 9.59 Å². The number of ether oxygens (including phenoxy) is 4. The van der Waals surface area contributed by atoms with Crippen molar-refractivity contribution in [2.45, 2.75) is 6.54 Å². The van der Waals surface area contributed by atoms with E-state index in [0.29, 0.717) is 45.5 Å². The van der Waals surface area contributed by atoms with E-state index < -0.39 is 5.91 Å². The summed E-state index contributed by atoms with van der Waals surface area (Å²) in [6.07, 6.45) is 0. The van der Waals surface area contributed by atoms with Gasteiger partial charge in [-0.25, -0.2) is 0 Å². The molecule has 0 saturated carbocycles. The van der Waals surface area contributed by atoms with Gasteiger partial charge in [0.1, 0.15) is 12.3 Å². The number of methoxy groups -OCH3 is 4. The number of amides is 2. The standard InChI is InChI=1S/C26H26N6O6/c1-35-20-12-8-7-11-19(20)27-23(33)15-32-30-25(29-31-32)17-9-5-6-10-18(17)28-26(34)16-13-21(36-2)24(38-4)22(14-16)37-3/h5-14H,15H2,1-4H3,(H,27,33)(H,28,34). The molecular formula is C26H26N6O6. The molecule has 1 heterocycles. The number of tetrazole rings is 1. The number of para-hydroxylation sites is 3. The summed E-state index contributed by atoms with van der Waals surface area (Å²) in [5.41, 5.74) is 1.79. The van der Waals surface area contributed by atoms with Crippen molar-refractivity contribution in [1.82, 2.24) is 20.2 Å². The van der Waals surface area contributed by atoms with Crippen LogP contribution in [0.1, 0.15) is 10.4 Å². The molecule has 0 unspecified atom stereocenters. The average Bonchev–Trinajstić information content (AvgIpc) is 3.40. The quantitative estimate of drug-likeness (QED) is 0.324. The van der Waals surface area contributed by atoms with Gasteiger partial charge in [0.05, 0.1) is 39.8 Å². The van der Waals surface area contributed by atoms with E-state index in [1.165, 1.54) is 28.4 Å². The number of carbonyl (C=O) groups excluding carboxylic acids is 2. The molecule has 2 amide bonds. The zero-order valence-corrected chi connectivity index (χ0v) is 21.2. The van der Waals surface area contributed by atoms with E-state index in [-0.39, 0.29) is 18.3 Å². The minimum Gasteiger partial charge on any atom is -0.495 e. The molecule has 2 N–H and O–H groups in total. The van der Waals surface area contributed by atoms with Crippen molar-refractivity contribution in [2.24, 2.45) is 0 Å². The number of hydrogen-bond donors (Lipinski definition) is 2. The van der Waals surface area contributed by atoms with Gasteiger partial charge in [0.2, 0.25) is 17.5 Å². The highest BCUT2D eigenvalue weighted by Gasteiger charge is 2.19. The van der Waals surface area contributed by atoms with E-state index in [2.05, 4.69) is 26.0 Å². The molecular weight excluding hydrogens is 492 g/mol. The Bertz CT molecular complexity index is 1430. The number of carbonyl (C=O) groups is 2. The number of aromatic nitrogens is 4. The summed E-state index contributed by atoms with van der Waals surface area (Å²) in [7, 11) is 5.95. The van der Waals surface area contributed by atoms with Crippen LogP contribution in [0, 0.1) is 0 Å². The van der Waals surface area contributed by atoms with Crippen molar-refractivity contribution in [1.29, 1.82) is 0 Å². The molecule has 0 spiro atoms. The minimum atomic E-state index is -0.416. The van der Waals surface area contributed by atoms with Gasteiger partial charge in [-0.1, -0.05) is 24.3 Å². The van der Waals surface area contributed by atoms with Crippen LogP contribution in [0.25, 0.3) is 11.4 Å². The first-order chi connectivity index (χ1) is 18.5. The molecule has 0 fully saturated rings. The highest BCUT2D eigenvalue weighted by Crippen LogP contribution is 2.38. The number of benzene rings is 3. The fraction of sp³-hybridized carbons (Fsp3) is 0.192. The monoisotopic (exact) mass is 518 g/mol. The number of anilines is 2. The molecule has 0 aliphatic carbocycles. The average molecular weight is 519 g/mol. The third kappa shape index (κ3) is 5.64. The second-order valence-corrected chi connectivity index (χ2v) is 7.81. The first-order valence-electron chi connectivity index (χ1n) is 11.4. The Kier molecular flexibility index (Phi) is 8.01. The van der Waals surface area contributed by atoms with Crippen LogP contribution in [-0.4, -0.2) is 60.5 Å². The third-order valence-corrected chi connectivity index (χ3v) is 5.46. The van der Waals surface area contributed by atoms with E-state index >= 15 is 0 Å². The van der Waals surface area contributed by atoms with Gasteiger partial charge in [-0.2, -0.15) is 4.80 Å². The Morgan fingerprint density at radius 2 is 1.42 bits per heavy atom. The maximum Gasteiger partial charge on any atom is 0.255 e. The van der Waals surface area contributed by atoms with Crippen molar-refractivity contribution >= 4 is 23.2 Å². The molecule has 0 bridgehead atoms. The van der Waals surface area contributed by atoms with Crippen molar-refractivity contribution < 1.29 is 28.5 Å². The van der Waals surface area contributed by atoms with E-state index in [9.17, 15) is 9.59 Å². The summed E-state index contributed by atoms with van der Waals surface area (Å²) in [6.45, 7) is -0.176. The highest BCUT2D eigenvalue weighted by atomic mass is 16.5. The number of hydrogen-bond acceptors (Lipinski definition) is 9. The van der Waals surface area contributed by atoms with Crippen molar-refractivity contribution in [3.63, 3.8) is 0 Å². The van der Waals surface area contributed by atoms with Gasteiger partial charge in [0, 0.05) is 11.1 Å². The smallest absolute Gasteiger partial charge is 0.255 e. The molecule has 0 aliphatic heterocycles. The summed E-state index contributed by atoms with van der Waals surface area (Å²) in [4.78, 5) is 26.8. The van der Waals surface area contributed by atoms with Crippen LogP contribution in [0.15, 0.2) is 60.7 Å². The van der Waals surface area contributed by atoms with Crippen LogP contribution >= 0.6 is 0 Å². The second kappa shape index (κ2) is 11.7. The van der Waals surface area contributed by atoms with Crippen LogP contribution in [0.2, 0.25) is 0 Å². The van der Waals surface area contributed by atoms with E-state index in [4.69, 9.17) is 18.9 Å². The van der Waals surface area contributed by atoms with Gasteiger partial charge in [0.15, 0.2) is 11.5 Å².